The first kappa shape index (κ1) is 65.3. The van der Waals surface area contributed by atoms with Gasteiger partial charge in [-0.15, -0.1) is 0 Å². The third-order valence-electron chi connectivity index (χ3n) is 14.4. The van der Waals surface area contributed by atoms with E-state index in [0.717, 1.165) is 22.3 Å². The second-order valence-corrected chi connectivity index (χ2v) is 25.9. The zero-order valence-corrected chi connectivity index (χ0v) is 51.8. The highest BCUT2D eigenvalue weighted by molar-refractivity contribution is 7.52. The number of carbonyl (C=O) groups excluding carboxylic acids is 4. The highest BCUT2D eigenvalue weighted by atomic mass is 31.2. The summed E-state index contributed by atoms with van der Waals surface area (Å²) < 4.78 is 102. The minimum atomic E-state index is -4.19. The highest BCUT2D eigenvalue weighted by Gasteiger charge is 2.60. The maximum absolute atomic E-state index is 14.2. The van der Waals surface area contributed by atoms with Crippen molar-refractivity contribution < 1.29 is 88.9 Å². The lowest BCUT2D eigenvalue weighted by molar-refractivity contribution is -0.766. The van der Waals surface area contributed by atoms with E-state index in [1.54, 1.807) is 129 Å². The van der Waals surface area contributed by atoms with Gasteiger partial charge in [-0.25, -0.2) is 9.13 Å². The molecule has 10 rings (SSSR count). The first-order chi connectivity index (χ1) is 41.8. The summed E-state index contributed by atoms with van der Waals surface area (Å²) in [5, 5.41) is 5.42. The molecule has 1 aromatic heterocycles. The van der Waals surface area contributed by atoms with Gasteiger partial charge in [0.1, 0.15) is 72.9 Å². The van der Waals surface area contributed by atoms with Gasteiger partial charge in [-0.2, -0.15) is 14.7 Å². The number of rotatable bonds is 24. The van der Waals surface area contributed by atoms with Gasteiger partial charge in [-0.05, 0) is 103 Å². The lowest BCUT2D eigenvalue weighted by atomic mass is 10.1. The van der Waals surface area contributed by atoms with Crippen LogP contribution in [0.5, 0.6) is 11.5 Å². The zero-order valence-electron chi connectivity index (χ0n) is 50.0. The Bertz CT molecular complexity index is 3410. The Kier molecular flexibility index (Phi) is 20.9. The van der Waals surface area contributed by atoms with E-state index in [-0.39, 0.29) is 37.9 Å². The van der Waals surface area contributed by atoms with E-state index in [1.807, 2.05) is 74.5 Å². The van der Waals surface area contributed by atoms with Crippen molar-refractivity contribution in [3.05, 3.63) is 186 Å². The summed E-state index contributed by atoms with van der Waals surface area (Å²) in [5.41, 5.74) is 15.3. The van der Waals surface area contributed by atoms with Crippen molar-refractivity contribution in [2.24, 2.45) is 11.5 Å². The maximum atomic E-state index is 14.2. The molecule has 5 aliphatic rings. The van der Waals surface area contributed by atoms with Crippen molar-refractivity contribution in [3.8, 4) is 11.5 Å². The molecule has 4 aromatic carbocycles. The number of esters is 2. The predicted octanol–water partition coefficient (Wildman–Crippen LogP) is 7.78. The minimum Gasteiger partial charge on any atom is -0.460 e. The van der Waals surface area contributed by atoms with Gasteiger partial charge < -0.3 is 63.3 Å². The van der Waals surface area contributed by atoms with Crippen molar-refractivity contribution >= 4 is 39.2 Å². The van der Waals surface area contributed by atoms with E-state index in [9.17, 15) is 28.3 Å². The molecule has 0 aliphatic carbocycles. The summed E-state index contributed by atoms with van der Waals surface area (Å²) in [7, 11) is -8.38. The topological polar surface area (TPSA) is 296 Å². The number of aromatic nitrogens is 1. The summed E-state index contributed by atoms with van der Waals surface area (Å²) in [6.45, 7) is 13.6. The summed E-state index contributed by atoms with van der Waals surface area (Å²) in [6, 6.07) is 33.5. The van der Waals surface area contributed by atoms with Crippen LogP contribution >= 0.6 is 15.5 Å². The van der Waals surface area contributed by atoms with Crippen LogP contribution < -0.4 is 35.3 Å². The summed E-state index contributed by atoms with van der Waals surface area (Å²) in [6.07, 6.45) is 3.65. The number of ether oxygens (including phenoxy) is 8. The van der Waals surface area contributed by atoms with Gasteiger partial charge in [0, 0.05) is 24.0 Å². The quantitative estimate of drug-likeness (QED) is 0.0260. The zero-order chi connectivity index (χ0) is 63.0. The number of benzene rings is 4. The standard InChI is InChI=1S/C31H38N3O9P.C31H36N3O9P/c2*1-20-12-14-24(15-13-20)43-44(37,33-21(2)30(36)38-18-22-9-6-5-7-10-22)39-19-25-26-27(42-31(3,4)41-26)29(40-25)34-16-8-11-23(17-34)28(32)35/h5-10,12-17,21,25-27,29H,11,18-19H2,1-4H3,(H2,32,35)(H,33,37);5-17,21,25-27,29H,18-19H2,1-4H3,(H2-,32,33,35,37)/p+1/t2*21?,25?,26-,27-,29-,44?/m11/s1. The summed E-state index contributed by atoms with van der Waals surface area (Å²) in [4.78, 5) is 51.0. The number of nitrogens with zero attached hydrogens (tertiary/aromatic N) is 2. The fourth-order valence-corrected chi connectivity index (χ4v) is 13.1. The molecule has 0 radical (unpaired) electrons. The minimum absolute atomic E-state index is 0.0534. The normalized spacial score (nSPS) is 25.0. The predicted molar refractivity (Wildman–Crippen MR) is 317 cm³/mol. The van der Waals surface area contributed by atoms with Gasteiger partial charge in [-0.3, -0.25) is 28.2 Å². The van der Waals surface area contributed by atoms with Crippen LogP contribution in [-0.4, -0.2) is 108 Å². The highest BCUT2D eigenvalue weighted by Crippen LogP contribution is 2.50. The fourth-order valence-electron chi connectivity index (χ4n) is 10.0. The fraction of sp³-hybridized carbons (Fsp3) is 0.403. The monoisotopic (exact) mass is 1250 g/mol. The van der Waals surface area contributed by atoms with Crippen LogP contribution in [0, 0.1) is 13.8 Å². The lowest BCUT2D eigenvalue weighted by Gasteiger charge is -2.31. The lowest BCUT2D eigenvalue weighted by Crippen LogP contribution is -2.46. The number of nitrogens with one attached hydrogen (secondary N) is 2. The molecule has 470 valence electrons. The Balaban J connectivity index is 0.000000209. The van der Waals surface area contributed by atoms with Crippen LogP contribution in [-0.2, 0) is 83.7 Å². The maximum Gasteiger partial charge on any atom is 0.459 e. The largest absolute Gasteiger partial charge is 0.460 e. The SMILES string of the molecule is Cc1ccc(OP(=O)(NC(C)C(=O)OCc2ccccc2)OCC2O[C@@H](N3C=CCC(C(N)=O)=C3)[C@@H]3OC(C)(C)O[C@H]23)cc1.Cc1ccc(OP(=O)(NC(C)C(=O)OCc2ccccc2)OCC2O[C@@H]([n+]3cccc(C(N)=O)c3)[C@@H]3OC(C)(C)O[C@H]23)cc1. The Labute approximate surface area is 510 Å². The van der Waals surface area contributed by atoms with E-state index < -0.39 is 112 Å². The number of hydrogen-bond acceptors (Lipinski definition) is 19. The molecule has 6 unspecified atom stereocenters. The number of fused-ring (bicyclic) bond motifs is 2. The third-order valence-corrected chi connectivity index (χ3v) is 17.6. The molecule has 88 heavy (non-hydrogen) atoms. The molecule has 4 fully saturated rings. The molecule has 2 amide bonds. The van der Waals surface area contributed by atoms with Crippen LogP contribution in [0.3, 0.4) is 0 Å². The Morgan fingerprint density at radius 2 is 1.09 bits per heavy atom. The molecule has 12 atom stereocenters. The van der Waals surface area contributed by atoms with Gasteiger partial charge in [0.15, 0.2) is 36.3 Å². The van der Waals surface area contributed by atoms with Crippen LogP contribution in [0.15, 0.2) is 158 Å². The smallest absolute Gasteiger partial charge is 0.459 e. The van der Waals surface area contributed by atoms with Crippen molar-refractivity contribution in [1.82, 2.24) is 15.1 Å². The van der Waals surface area contributed by atoms with Crippen LogP contribution in [0.4, 0.5) is 0 Å². The molecule has 5 aliphatic heterocycles. The summed E-state index contributed by atoms with van der Waals surface area (Å²) in [5.74, 6) is -3.70. The molecule has 6 heterocycles. The number of pyridine rings is 1. The van der Waals surface area contributed by atoms with Crippen LogP contribution in [0.2, 0.25) is 0 Å². The average molecular weight is 1250 g/mol. The molecule has 0 saturated carbocycles. The molecule has 24 nitrogen and oxygen atoms in total. The molecule has 26 heteroatoms. The van der Waals surface area contributed by atoms with E-state index in [4.69, 9.17) is 67.5 Å². The second-order valence-electron chi connectivity index (χ2n) is 22.5. The van der Waals surface area contributed by atoms with E-state index in [0.29, 0.717) is 17.6 Å². The number of aryl methyl sites for hydroxylation is 2. The molecule has 4 saturated heterocycles. The molecule has 6 N–H and O–H groups in total. The first-order valence-electron chi connectivity index (χ1n) is 28.6. The van der Waals surface area contributed by atoms with Crippen LogP contribution in [0.1, 0.15) is 86.8 Å². The van der Waals surface area contributed by atoms with E-state index in [1.165, 1.54) is 13.8 Å². The number of amides is 2. The number of allylic oxidation sites excluding steroid dienone is 1. The van der Waals surface area contributed by atoms with Crippen molar-refractivity contribution in [1.29, 1.82) is 0 Å². The second kappa shape index (κ2) is 28.1. The molecule has 0 spiro atoms. The van der Waals surface area contributed by atoms with E-state index in [2.05, 4.69) is 10.2 Å². The average Bonchev–Trinajstić information content (AvgIpc) is 1.69. The van der Waals surface area contributed by atoms with Crippen molar-refractivity contribution in [3.63, 3.8) is 0 Å². The Hall–Kier alpha value is -7.15. The van der Waals surface area contributed by atoms with Gasteiger partial charge in [0.2, 0.25) is 5.91 Å². The summed E-state index contributed by atoms with van der Waals surface area (Å²) >= 11 is 0. The Morgan fingerprint density at radius 3 is 1.58 bits per heavy atom. The van der Waals surface area contributed by atoms with Gasteiger partial charge in [0.25, 0.3) is 12.1 Å². The molecular formula is C62H75N6O18P2+. The molecule has 5 aromatic rings. The number of primary amides is 2. The third kappa shape index (κ3) is 17.2. The molecular weight excluding hydrogens is 1180 g/mol. The van der Waals surface area contributed by atoms with Crippen molar-refractivity contribution in [2.45, 2.75) is 148 Å². The van der Waals surface area contributed by atoms with Gasteiger partial charge in [0.05, 0.1) is 13.2 Å². The van der Waals surface area contributed by atoms with Gasteiger partial charge in [-0.1, -0.05) is 102 Å². The first-order valence-corrected chi connectivity index (χ1v) is 31.7. The number of hydrogen-bond donors (Lipinski definition) is 4. The van der Waals surface area contributed by atoms with Crippen LogP contribution in [0.25, 0.3) is 0 Å². The number of carbonyl (C=O) groups is 4. The number of nitrogens with two attached hydrogens (primary N) is 2. The van der Waals surface area contributed by atoms with Gasteiger partial charge >= 0.3 is 27.4 Å². The Morgan fingerprint density at radius 1 is 0.625 bits per heavy atom. The molecule has 0 bridgehead atoms. The van der Waals surface area contributed by atoms with Crippen molar-refractivity contribution in [2.75, 3.05) is 13.2 Å². The van der Waals surface area contributed by atoms with E-state index >= 15 is 0 Å².